The second-order valence-electron chi connectivity index (χ2n) is 8.00. The molecule has 1 fully saturated rings. The number of hydrogen-bond acceptors (Lipinski definition) is 7. The number of esters is 1. The first-order valence-corrected chi connectivity index (χ1v) is 12.5. The van der Waals surface area contributed by atoms with E-state index < -0.39 is 15.9 Å². The van der Waals surface area contributed by atoms with Gasteiger partial charge < -0.3 is 19.0 Å². The van der Waals surface area contributed by atoms with Gasteiger partial charge in [0.15, 0.2) is 0 Å². The third kappa shape index (κ3) is 6.45. The minimum Gasteiger partial charge on any atom is -0.468 e. The fourth-order valence-corrected chi connectivity index (χ4v) is 4.65. The van der Waals surface area contributed by atoms with Crippen LogP contribution in [0.25, 0.3) is 0 Å². The smallest absolute Gasteiger partial charge is 0.309 e. The zero-order valence-electron chi connectivity index (χ0n) is 19.2. The number of hydrogen-bond donors (Lipinski definition) is 1. The normalized spacial score (nSPS) is 14.6. The Balaban J connectivity index is 1.52. The summed E-state index contributed by atoms with van der Waals surface area (Å²) >= 11 is 0. The summed E-state index contributed by atoms with van der Waals surface area (Å²) in [5.74, 6) is -0.566. The number of carbonyl (C=O) groups is 3. The van der Waals surface area contributed by atoms with Crippen LogP contribution in [0.3, 0.4) is 0 Å². The Bertz CT molecular complexity index is 1090. The molecule has 0 atom stereocenters. The Morgan fingerprint density at radius 1 is 1.15 bits per heavy atom. The topological polar surface area (TPSA) is 126 Å². The highest BCUT2D eigenvalue weighted by molar-refractivity contribution is 7.89. The Hall–Kier alpha value is -3.18. The highest BCUT2D eigenvalue weighted by Gasteiger charge is 2.29. The Kier molecular flexibility index (Phi) is 8.46. The van der Waals surface area contributed by atoms with Crippen molar-refractivity contribution in [2.75, 3.05) is 33.3 Å². The van der Waals surface area contributed by atoms with Gasteiger partial charge in [-0.25, -0.2) is 13.1 Å². The van der Waals surface area contributed by atoms with Gasteiger partial charge in [-0.1, -0.05) is 0 Å². The van der Waals surface area contributed by atoms with Crippen molar-refractivity contribution in [3.63, 3.8) is 0 Å². The number of piperidine rings is 1. The van der Waals surface area contributed by atoms with Crippen molar-refractivity contribution in [3.8, 4) is 0 Å². The lowest BCUT2D eigenvalue weighted by Crippen LogP contribution is -2.45. The maximum atomic E-state index is 12.7. The number of benzene rings is 1. The number of nitrogens with one attached hydrogen (secondary N) is 1. The molecule has 1 saturated heterocycles. The third-order valence-electron chi connectivity index (χ3n) is 5.61. The molecule has 2 aromatic rings. The molecule has 2 amide bonds. The molecule has 0 saturated carbocycles. The number of furan rings is 1. The van der Waals surface area contributed by atoms with Gasteiger partial charge in [0.1, 0.15) is 5.76 Å². The van der Waals surface area contributed by atoms with Crippen LogP contribution < -0.4 is 4.72 Å². The Morgan fingerprint density at radius 3 is 2.41 bits per heavy atom. The molecule has 34 heavy (non-hydrogen) atoms. The van der Waals surface area contributed by atoms with Crippen LogP contribution in [-0.2, 0) is 30.9 Å². The van der Waals surface area contributed by atoms with E-state index >= 15 is 0 Å². The summed E-state index contributed by atoms with van der Waals surface area (Å²) in [6.45, 7) is 2.85. The van der Waals surface area contributed by atoms with Crippen molar-refractivity contribution in [2.24, 2.45) is 5.92 Å². The number of amides is 2. The summed E-state index contributed by atoms with van der Waals surface area (Å²) in [7, 11) is -2.26. The summed E-state index contributed by atoms with van der Waals surface area (Å²) in [5, 5.41) is 0. The molecule has 10 nitrogen and oxygen atoms in total. The van der Waals surface area contributed by atoms with E-state index in [1.165, 1.54) is 42.5 Å². The SMILES string of the molecule is CCOC(=O)C1CCN(C(=O)CN(C)C(=O)c2ccc(S(=O)(=O)NCc3ccco3)cc2)CC1. The van der Waals surface area contributed by atoms with Gasteiger partial charge in [0.05, 0.1) is 36.8 Å². The predicted molar refractivity (Wildman–Crippen MR) is 122 cm³/mol. The molecular formula is C23H29N3O7S. The minimum atomic E-state index is -3.78. The summed E-state index contributed by atoms with van der Waals surface area (Å²) in [6.07, 6.45) is 2.52. The van der Waals surface area contributed by atoms with E-state index in [9.17, 15) is 22.8 Å². The van der Waals surface area contributed by atoms with Gasteiger partial charge >= 0.3 is 5.97 Å². The van der Waals surface area contributed by atoms with Crippen LogP contribution in [0, 0.1) is 5.92 Å². The number of likely N-dealkylation sites (N-methyl/N-ethyl adjacent to an activating group) is 1. The lowest BCUT2D eigenvalue weighted by Gasteiger charge is -2.32. The molecule has 1 N–H and O–H groups in total. The fourth-order valence-electron chi connectivity index (χ4n) is 3.66. The average Bonchev–Trinajstić information content (AvgIpc) is 3.36. The molecule has 0 spiro atoms. The molecule has 3 rings (SSSR count). The van der Waals surface area contributed by atoms with Crippen LogP contribution in [0.1, 0.15) is 35.9 Å². The maximum Gasteiger partial charge on any atom is 0.309 e. The van der Waals surface area contributed by atoms with E-state index in [2.05, 4.69) is 4.72 Å². The van der Waals surface area contributed by atoms with Crippen LogP contribution >= 0.6 is 0 Å². The van der Waals surface area contributed by atoms with Crippen LogP contribution in [0.5, 0.6) is 0 Å². The lowest BCUT2D eigenvalue weighted by atomic mass is 9.97. The van der Waals surface area contributed by atoms with Gasteiger partial charge in [-0.2, -0.15) is 0 Å². The van der Waals surface area contributed by atoms with Gasteiger partial charge in [-0.3, -0.25) is 14.4 Å². The molecule has 0 aliphatic carbocycles. The molecule has 1 aromatic heterocycles. The zero-order valence-corrected chi connectivity index (χ0v) is 20.0. The van der Waals surface area contributed by atoms with Crippen molar-refractivity contribution in [1.82, 2.24) is 14.5 Å². The monoisotopic (exact) mass is 491 g/mol. The number of nitrogens with zero attached hydrogens (tertiary/aromatic N) is 2. The van der Waals surface area contributed by atoms with Crippen LogP contribution in [0.4, 0.5) is 0 Å². The molecule has 1 aliphatic rings. The second-order valence-corrected chi connectivity index (χ2v) is 9.76. The fraction of sp³-hybridized carbons (Fsp3) is 0.435. The van der Waals surface area contributed by atoms with Crippen molar-refractivity contribution < 1.29 is 32.0 Å². The first kappa shape index (κ1) is 25.4. The maximum absolute atomic E-state index is 12.7. The average molecular weight is 492 g/mol. The quantitative estimate of drug-likeness (QED) is 0.528. The Labute approximate surface area is 198 Å². The van der Waals surface area contributed by atoms with E-state index in [0.717, 1.165) is 0 Å². The first-order chi connectivity index (χ1) is 16.2. The standard InChI is InChI=1S/C23H29N3O7S/c1-3-32-23(29)18-10-12-26(13-11-18)21(27)16-25(2)22(28)17-6-8-20(9-7-17)34(30,31)24-15-19-5-4-14-33-19/h4-9,14,18,24H,3,10-13,15-16H2,1-2H3. The van der Waals surface area contributed by atoms with Crippen molar-refractivity contribution in [1.29, 1.82) is 0 Å². The number of rotatable bonds is 9. The molecule has 0 bridgehead atoms. The van der Waals surface area contributed by atoms with Crippen LogP contribution in [0.15, 0.2) is 52.0 Å². The predicted octanol–water partition coefficient (Wildman–Crippen LogP) is 1.63. The number of ether oxygens (including phenoxy) is 1. The molecule has 1 aliphatic heterocycles. The van der Waals surface area contributed by atoms with Crippen LogP contribution in [0.2, 0.25) is 0 Å². The van der Waals surface area contributed by atoms with Gasteiger partial charge in [0, 0.05) is 25.7 Å². The summed E-state index contributed by atoms with van der Waals surface area (Å²) in [4.78, 5) is 40.1. The van der Waals surface area contributed by atoms with E-state index in [-0.39, 0.29) is 41.3 Å². The van der Waals surface area contributed by atoms with Crippen molar-refractivity contribution in [3.05, 3.63) is 54.0 Å². The number of carbonyl (C=O) groups excluding carboxylic acids is 3. The third-order valence-corrected chi connectivity index (χ3v) is 7.03. The second kappa shape index (κ2) is 11.3. The largest absolute Gasteiger partial charge is 0.468 e. The molecule has 11 heteroatoms. The highest BCUT2D eigenvalue weighted by Crippen LogP contribution is 2.19. The number of sulfonamides is 1. The number of likely N-dealkylation sites (tertiary alicyclic amines) is 1. The van der Waals surface area contributed by atoms with Crippen LogP contribution in [-0.4, -0.2) is 69.3 Å². The summed E-state index contributed by atoms with van der Waals surface area (Å²) < 4.78 is 37.5. The minimum absolute atomic E-state index is 0.0118. The van der Waals surface area contributed by atoms with Gasteiger partial charge in [0.2, 0.25) is 15.9 Å². The van der Waals surface area contributed by atoms with E-state index in [0.29, 0.717) is 38.3 Å². The molecule has 184 valence electrons. The molecule has 0 radical (unpaired) electrons. The van der Waals surface area contributed by atoms with Crippen molar-refractivity contribution >= 4 is 27.8 Å². The zero-order chi connectivity index (χ0) is 24.7. The summed E-state index contributed by atoms with van der Waals surface area (Å²) in [6, 6.07) is 8.83. The van der Waals surface area contributed by atoms with E-state index in [1.807, 2.05) is 0 Å². The molecule has 1 aromatic carbocycles. The lowest BCUT2D eigenvalue weighted by molar-refractivity contribution is -0.151. The molecule has 2 heterocycles. The van der Waals surface area contributed by atoms with Crippen molar-refractivity contribution in [2.45, 2.75) is 31.2 Å². The van der Waals surface area contributed by atoms with Gasteiger partial charge in [-0.15, -0.1) is 0 Å². The van der Waals surface area contributed by atoms with E-state index in [4.69, 9.17) is 9.15 Å². The first-order valence-electron chi connectivity index (χ1n) is 11.0. The molecule has 0 unspecified atom stereocenters. The summed E-state index contributed by atoms with van der Waals surface area (Å²) in [5.41, 5.74) is 0.265. The Morgan fingerprint density at radius 2 is 1.82 bits per heavy atom. The van der Waals surface area contributed by atoms with Gasteiger partial charge in [-0.05, 0) is 56.2 Å². The van der Waals surface area contributed by atoms with Gasteiger partial charge in [0.25, 0.3) is 5.91 Å². The van der Waals surface area contributed by atoms with E-state index in [1.54, 1.807) is 24.0 Å². The molecular weight excluding hydrogens is 462 g/mol. The highest BCUT2D eigenvalue weighted by atomic mass is 32.2.